The second-order valence-electron chi connectivity index (χ2n) is 3.23. The van der Waals surface area contributed by atoms with Gasteiger partial charge in [-0.05, 0) is 0 Å². The third-order valence-electron chi connectivity index (χ3n) is 2.23. The number of aromatic nitrogens is 1. The van der Waals surface area contributed by atoms with E-state index in [1.807, 2.05) is 42.1 Å². The van der Waals surface area contributed by atoms with E-state index in [1.165, 1.54) is 0 Å². The second-order valence-corrected chi connectivity index (χ2v) is 3.23. The highest BCUT2D eigenvalue weighted by atomic mass is 16.1. The molecule has 0 aliphatic rings. The topological polar surface area (TPSA) is 22.0 Å². The zero-order valence-corrected chi connectivity index (χ0v) is 7.74. The molecule has 0 saturated heterocycles. The fraction of sp³-hybridized carbons (Fsp3) is 0.182. The SMILES string of the molecule is CC(=O)c1c2ccccc2cn1C. The van der Waals surface area contributed by atoms with Crippen molar-refractivity contribution in [2.24, 2.45) is 7.05 Å². The summed E-state index contributed by atoms with van der Waals surface area (Å²) in [6.07, 6.45) is 1.98. The van der Waals surface area contributed by atoms with Crippen molar-refractivity contribution in [3.8, 4) is 0 Å². The first-order valence-corrected chi connectivity index (χ1v) is 4.25. The molecule has 0 aliphatic heterocycles. The Morgan fingerprint density at radius 3 is 2.69 bits per heavy atom. The third kappa shape index (κ3) is 1.15. The summed E-state index contributed by atoms with van der Waals surface area (Å²) < 4.78 is 1.88. The molecule has 1 aromatic heterocycles. The first-order valence-electron chi connectivity index (χ1n) is 4.25. The molecule has 13 heavy (non-hydrogen) atoms. The molecule has 2 heteroatoms. The van der Waals surface area contributed by atoms with E-state index in [2.05, 4.69) is 0 Å². The monoisotopic (exact) mass is 173 g/mol. The summed E-state index contributed by atoms with van der Waals surface area (Å²) in [7, 11) is 1.90. The normalized spacial score (nSPS) is 10.6. The molecule has 0 radical (unpaired) electrons. The highest BCUT2D eigenvalue weighted by Gasteiger charge is 2.09. The van der Waals surface area contributed by atoms with Crippen LogP contribution in [0.5, 0.6) is 0 Å². The molecule has 0 unspecified atom stereocenters. The summed E-state index contributed by atoms with van der Waals surface area (Å²) in [6, 6.07) is 7.93. The number of rotatable bonds is 1. The maximum atomic E-state index is 11.3. The van der Waals surface area contributed by atoms with Gasteiger partial charge in [0.25, 0.3) is 0 Å². The van der Waals surface area contributed by atoms with E-state index >= 15 is 0 Å². The summed E-state index contributed by atoms with van der Waals surface area (Å²) in [4.78, 5) is 11.3. The highest BCUT2D eigenvalue weighted by molar-refractivity contribution is 6.06. The van der Waals surface area contributed by atoms with Crippen LogP contribution < -0.4 is 0 Å². The first-order chi connectivity index (χ1) is 6.20. The van der Waals surface area contributed by atoms with Crippen molar-refractivity contribution in [3.63, 3.8) is 0 Å². The van der Waals surface area contributed by atoms with Gasteiger partial charge in [-0.2, -0.15) is 0 Å². The summed E-state index contributed by atoms with van der Waals surface area (Å²) in [6.45, 7) is 1.60. The molecular formula is C11H11NO. The van der Waals surface area contributed by atoms with E-state index in [4.69, 9.17) is 0 Å². The van der Waals surface area contributed by atoms with Gasteiger partial charge in [-0.1, -0.05) is 24.3 Å². The Hall–Kier alpha value is -1.57. The van der Waals surface area contributed by atoms with Gasteiger partial charge in [0.05, 0.1) is 5.69 Å². The molecule has 0 aliphatic carbocycles. The average Bonchev–Trinajstić information content (AvgIpc) is 2.39. The Labute approximate surface area is 76.8 Å². The minimum Gasteiger partial charge on any atom is -0.347 e. The number of carbonyl (C=O) groups is 1. The Balaban J connectivity index is 2.86. The number of hydrogen-bond acceptors (Lipinski definition) is 1. The molecule has 2 nitrogen and oxygen atoms in total. The molecule has 0 bridgehead atoms. The van der Waals surface area contributed by atoms with Crippen molar-refractivity contribution in [2.45, 2.75) is 6.92 Å². The Bertz CT molecular complexity index is 468. The van der Waals surface area contributed by atoms with Crippen LogP contribution in [0.1, 0.15) is 17.4 Å². The van der Waals surface area contributed by atoms with Gasteiger partial charge in [0.2, 0.25) is 0 Å². The van der Waals surface area contributed by atoms with Crippen LogP contribution in [0.15, 0.2) is 30.5 Å². The first kappa shape index (κ1) is 8.05. The molecule has 0 spiro atoms. The van der Waals surface area contributed by atoms with E-state index < -0.39 is 0 Å². The van der Waals surface area contributed by atoms with Crippen LogP contribution >= 0.6 is 0 Å². The van der Waals surface area contributed by atoms with Crippen LogP contribution in [-0.4, -0.2) is 10.4 Å². The number of carbonyl (C=O) groups excluding carboxylic acids is 1. The van der Waals surface area contributed by atoms with Crippen molar-refractivity contribution in [3.05, 3.63) is 36.2 Å². The lowest BCUT2D eigenvalue weighted by Crippen LogP contribution is -2.00. The molecule has 0 atom stereocenters. The van der Waals surface area contributed by atoms with Gasteiger partial charge in [0.1, 0.15) is 0 Å². The number of nitrogens with zero attached hydrogens (tertiary/aromatic N) is 1. The quantitative estimate of drug-likeness (QED) is 0.607. The molecule has 0 saturated carbocycles. The van der Waals surface area contributed by atoms with Crippen molar-refractivity contribution in [2.75, 3.05) is 0 Å². The van der Waals surface area contributed by atoms with Gasteiger partial charge in [-0.15, -0.1) is 0 Å². The van der Waals surface area contributed by atoms with Crippen molar-refractivity contribution >= 4 is 16.6 Å². The standard InChI is InChI=1S/C11H11NO/c1-8(13)11-10-6-4-3-5-9(10)7-12(11)2/h3-7H,1-2H3. The van der Waals surface area contributed by atoms with Crippen molar-refractivity contribution in [1.29, 1.82) is 0 Å². The minimum absolute atomic E-state index is 0.115. The second kappa shape index (κ2) is 2.73. The number of aryl methyl sites for hydroxylation is 1. The zero-order valence-electron chi connectivity index (χ0n) is 7.74. The molecule has 1 aromatic carbocycles. The van der Waals surface area contributed by atoms with Crippen LogP contribution in [0, 0.1) is 0 Å². The van der Waals surface area contributed by atoms with E-state index in [1.54, 1.807) is 6.92 Å². The van der Waals surface area contributed by atoms with E-state index in [9.17, 15) is 4.79 Å². The zero-order chi connectivity index (χ0) is 9.42. The predicted octanol–water partition coefficient (Wildman–Crippen LogP) is 2.38. The highest BCUT2D eigenvalue weighted by Crippen LogP contribution is 2.20. The lowest BCUT2D eigenvalue weighted by molar-refractivity contribution is 0.101. The molecule has 1 heterocycles. The molecule has 0 amide bonds. The maximum absolute atomic E-state index is 11.3. The molecule has 2 rings (SSSR count). The van der Waals surface area contributed by atoms with Gasteiger partial charge in [-0.25, -0.2) is 0 Å². The summed E-state index contributed by atoms with van der Waals surface area (Å²) in [5, 5.41) is 2.16. The molecule has 0 N–H and O–H groups in total. The van der Waals surface area contributed by atoms with Gasteiger partial charge in [-0.3, -0.25) is 4.79 Å². The lowest BCUT2D eigenvalue weighted by atomic mass is 10.1. The van der Waals surface area contributed by atoms with E-state index in [0.29, 0.717) is 0 Å². The molecule has 2 aromatic rings. The molecule has 66 valence electrons. The fourth-order valence-electron chi connectivity index (χ4n) is 1.73. The number of fused-ring (bicyclic) bond motifs is 1. The van der Waals surface area contributed by atoms with Crippen LogP contribution in [0.25, 0.3) is 10.8 Å². The van der Waals surface area contributed by atoms with Crippen LogP contribution in [-0.2, 0) is 7.05 Å². The summed E-state index contributed by atoms with van der Waals surface area (Å²) >= 11 is 0. The Morgan fingerprint density at radius 1 is 1.31 bits per heavy atom. The van der Waals surface area contributed by atoms with Crippen molar-refractivity contribution < 1.29 is 4.79 Å². The van der Waals surface area contributed by atoms with Crippen LogP contribution in [0.2, 0.25) is 0 Å². The number of hydrogen-bond donors (Lipinski definition) is 0. The number of ketones is 1. The van der Waals surface area contributed by atoms with Crippen LogP contribution in [0.4, 0.5) is 0 Å². The third-order valence-corrected chi connectivity index (χ3v) is 2.23. The average molecular weight is 173 g/mol. The van der Waals surface area contributed by atoms with Crippen LogP contribution in [0.3, 0.4) is 0 Å². The Kier molecular flexibility index (Phi) is 1.69. The number of Topliss-reactive ketones (excluding diaryl/α,β-unsaturated/α-hetero) is 1. The van der Waals surface area contributed by atoms with Gasteiger partial charge in [0, 0.05) is 30.9 Å². The summed E-state index contributed by atoms with van der Waals surface area (Å²) in [5.41, 5.74) is 0.788. The van der Waals surface area contributed by atoms with Crippen molar-refractivity contribution in [1.82, 2.24) is 4.57 Å². The number of benzene rings is 1. The van der Waals surface area contributed by atoms with E-state index in [0.717, 1.165) is 16.5 Å². The summed E-state index contributed by atoms with van der Waals surface area (Å²) in [5.74, 6) is 0.115. The van der Waals surface area contributed by atoms with Gasteiger partial charge >= 0.3 is 0 Å². The maximum Gasteiger partial charge on any atom is 0.176 e. The van der Waals surface area contributed by atoms with Gasteiger partial charge in [0.15, 0.2) is 5.78 Å². The smallest absolute Gasteiger partial charge is 0.176 e. The lowest BCUT2D eigenvalue weighted by Gasteiger charge is -1.97. The Morgan fingerprint density at radius 2 is 2.00 bits per heavy atom. The largest absolute Gasteiger partial charge is 0.347 e. The molecular weight excluding hydrogens is 162 g/mol. The fourth-order valence-corrected chi connectivity index (χ4v) is 1.73. The van der Waals surface area contributed by atoms with Gasteiger partial charge < -0.3 is 4.57 Å². The minimum atomic E-state index is 0.115. The van der Waals surface area contributed by atoms with E-state index in [-0.39, 0.29) is 5.78 Å². The predicted molar refractivity (Wildman–Crippen MR) is 52.9 cm³/mol. The molecule has 0 fully saturated rings.